The zero-order valence-electron chi connectivity index (χ0n) is 14.1. The van der Waals surface area contributed by atoms with E-state index < -0.39 is 6.03 Å². The summed E-state index contributed by atoms with van der Waals surface area (Å²) in [5.74, 6) is 0. The molecule has 0 fully saturated rings. The third-order valence-electron chi connectivity index (χ3n) is 5.22. The lowest BCUT2D eigenvalue weighted by Crippen LogP contribution is -2.34. The number of urea groups is 1. The van der Waals surface area contributed by atoms with Crippen molar-refractivity contribution in [2.24, 2.45) is 5.73 Å². The molecule has 5 nitrogen and oxygen atoms in total. The lowest BCUT2D eigenvalue weighted by molar-refractivity contribution is 0.199. The van der Waals surface area contributed by atoms with Crippen LogP contribution in [0.25, 0.3) is 22.0 Å². The summed E-state index contributed by atoms with van der Waals surface area (Å²) >= 11 is 0. The highest BCUT2D eigenvalue weighted by atomic mass is 16.2. The summed E-state index contributed by atoms with van der Waals surface area (Å²) in [6, 6.07) is 16.0. The summed E-state index contributed by atoms with van der Waals surface area (Å²) in [4.78, 5) is 20.3. The van der Waals surface area contributed by atoms with Crippen LogP contribution in [0.3, 0.4) is 0 Å². The van der Waals surface area contributed by atoms with Crippen molar-refractivity contribution >= 4 is 16.9 Å². The predicted octanol–water partition coefficient (Wildman–Crippen LogP) is 4.15. The van der Waals surface area contributed by atoms with Crippen LogP contribution >= 0.6 is 0 Å². The number of amides is 2. The van der Waals surface area contributed by atoms with Gasteiger partial charge in [-0.3, -0.25) is 0 Å². The number of para-hydroxylation sites is 1. The van der Waals surface area contributed by atoms with Gasteiger partial charge in [-0.2, -0.15) is 0 Å². The second-order valence-electron chi connectivity index (χ2n) is 6.67. The lowest BCUT2D eigenvalue weighted by Gasteiger charge is -2.23. The quantitative estimate of drug-likeness (QED) is 0.503. The van der Waals surface area contributed by atoms with Gasteiger partial charge in [0.1, 0.15) is 0 Å². The van der Waals surface area contributed by atoms with Crippen molar-refractivity contribution in [1.29, 1.82) is 0 Å². The van der Waals surface area contributed by atoms with E-state index in [-0.39, 0.29) is 6.04 Å². The van der Waals surface area contributed by atoms with Crippen LogP contribution in [-0.4, -0.2) is 20.9 Å². The van der Waals surface area contributed by atoms with Gasteiger partial charge in [-0.05, 0) is 40.5 Å². The minimum Gasteiger partial charge on any atom is -0.367 e. The first kappa shape index (κ1) is 14.8. The summed E-state index contributed by atoms with van der Waals surface area (Å²) < 4.78 is 0. The summed E-state index contributed by atoms with van der Waals surface area (Å²) in [6.45, 7) is 0.521. The Balaban J connectivity index is 1.66. The summed E-state index contributed by atoms with van der Waals surface area (Å²) in [6.07, 6.45) is 5.87. The van der Waals surface area contributed by atoms with Gasteiger partial charge in [0.2, 0.25) is 0 Å². The number of aromatic nitrogens is 2. The average molecular weight is 342 g/mol. The molecule has 1 aliphatic heterocycles. The molecular weight excluding hydrogens is 324 g/mol. The first-order valence-electron chi connectivity index (χ1n) is 8.60. The minimum absolute atomic E-state index is 0.168. The number of carbonyl (C=O) groups is 1. The van der Waals surface area contributed by atoms with Gasteiger partial charge in [-0.25, -0.2) is 4.79 Å². The van der Waals surface area contributed by atoms with Crippen molar-refractivity contribution in [1.82, 2.24) is 14.9 Å². The third-order valence-corrected chi connectivity index (χ3v) is 5.22. The van der Waals surface area contributed by atoms with Gasteiger partial charge in [0.25, 0.3) is 0 Å². The molecule has 1 atom stereocenters. The van der Waals surface area contributed by atoms with Gasteiger partial charge in [0.05, 0.1) is 6.04 Å². The molecule has 4 aromatic rings. The molecule has 1 aliphatic rings. The number of aromatic amines is 2. The number of hydrogen-bond donors (Lipinski definition) is 3. The Labute approximate surface area is 150 Å². The smallest absolute Gasteiger partial charge is 0.315 e. The van der Waals surface area contributed by atoms with Gasteiger partial charge >= 0.3 is 6.03 Å². The molecule has 2 amide bonds. The second kappa shape index (κ2) is 5.52. The van der Waals surface area contributed by atoms with E-state index in [1.807, 2.05) is 42.9 Å². The van der Waals surface area contributed by atoms with E-state index >= 15 is 0 Å². The molecular formula is C21H18N4O. The minimum atomic E-state index is -0.403. The summed E-state index contributed by atoms with van der Waals surface area (Å²) in [5.41, 5.74) is 12.4. The van der Waals surface area contributed by atoms with Crippen molar-refractivity contribution in [3.05, 3.63) is 83.8 Å². The van der Waals surface area contributed by atoms with Gasteiger partial charge in [0.15, 0.2) is 0 Å². The van der Waals surface area contributed by atoms with Crippen molar-refractivity contribution in [3.63, 3.8) is 0 Å². The zero-order chi connectivity index (χ0) is 17.7. The van der Waals surface area contributed by atoms with E-state index in [0.717, 1.165) is 38.7 Å². The second-order valence-corrected chi connectivity index (χ2v) is 6.67. The number of rotatable bonds is 2. The van der Waals surface area contributed by atoms with E-state index in [9.17, 15) is 4.79 Å². The van der Waals surface area contributed by atoms with Gasteiger partial charge < -0.3 is 20.6 Å². The van der Waals surface area contributed by atoms with Crippen LogP contribution in [0.1, 0.15) is 22.7 Å². The Morgan fingerprint density at radius 2 is 1.92 bits per heavy atom. The number of nitrogens with one attached hydrogen (secondary N) is 2. The Morgan fingerprint density at radius 3 is 2.73 bits per heavy atom. The molecule has 2 aromatic heterocycles. The van der Waals surface area contributed by atoms with E-state index in [1.165, 1.54) is 0 Å². The normalized spacial score (nSPS) is 16.2. The first-order chi connectivity index (χ1) is 12.7. The zero-order valence-corrected chi connectivity index (χ0v) is 14.1. The fourth-order valence-electron chi connectivity index (χ4n) is 4.00. The predicted molar refractivity (Wildman–Crippen MR) is 101 cm³/mol. The summed E-state index contributed by atoms with van der Waals surface area (Å²) in [7, 11) is 0. The maximum atomic E-state index is 12.2. The SMILES string of the molecule is NC(=O)N1Cc2cc(-c3cc[nH]c3)ccc2C1c1c[nH]c2ccccc12. The molecule has 3 heterocycles. The maximum Gasteiger partial charge on any atom is 0.315 e. The van der Waals surface area contributed by atoms with Crippen molar-refractivity contribution in [3.8, 4) is 11.1 Å². The number of nitrogens with zero attached hydrogens (tertiary/aromatic N) is 1. The van der Waals surface area contributed by atoms with Crippen LogP contribution in [-0.2, 0) is 6.54 Å². The van der Waals surface area contributed by atoms with Crippen LogP contribution in [0, 0.1) is 0 Å². The topological polar surface area (TPSA) is 77.9 Å². The van der Waals surface area contributed by atoms with Gasteiger partial charge in [-0.15, -0.1) is 0 Å². The molecule has 0 saturated carbocycles. The molecule has 0 radical (unpaired) electrons. The number of primary amides is 1. The van der Waals surface area contributed by atoms with Crippen LogP contribution in [0.4, 0.5) is 4.79 Å². The molecule has 0 bridgehead atoms. The first-order valence-corrected chi connectivity index (χ1v) is 8.60. The molecule has 5 heteroatoms. The third kappa shape index (κ3) is 2.14. The van der Waals surface area contributed by atoms with Gasteiger partial charge in [-0.1, -0.05) is 30.3 Å². The number of hydrogen-bond acceptors (Lipinski definition) is 1. The Kier molecular flexibility index (Phi) is 3.15. The number of nitrogens with two attached hydrogens (primary N) is 1. The molecule has 5 rings (SSSR count). The fraction of sp³-hybridized carbons (Fsp3) is 0.0952. The number of carbonyl (C=O) groups excluding carboxylic acids is 1. The molecule has 4 N–H and O–H groups in total. The lowest BCUT2D eigenvalue weighted by atomic mass is 9.95. The van der Waals surface area contributed by atoms with Crippen LogP contribution < -0.4 is 5.73 Å². The summed E-state index contributed by atoms with van der Waals surface area (Å²) in [5, 5.41) is 1.12. The highest BCUT2D eigenvalue weighted by Gasteiger charge is 2.35. The molecule has 26 heavy (non-hydrogen) atoms. The Hall–Kier alpha value is -3.47. The van der Waals surface area contributed by atoms with Crippen LogP contribution in [0.2, 0.25) is 0 Å². The molecule has 0 aliphatic carbocycles. The number of fused-ring (bicyclic) bond motifs is 2. The molecule has 0 spiro atoms. The average Bonchev–Trinajstić information content (AvgIpc) is 3.38. The largest absolute Gasteiger partial charge is 0.367 e. The Morgan fingerprint density at radius 1 is 1.04 bits per heavy atom. The van der Waals surface area contributed by atoms with E-state index in [1.54, 1.807) is 4.90 Å². The highest BCUT2D eigenvalue weighted by Crippen LogP contribution is 2.42. The molecule has 1 unspecified atom stereocenters. The number of benzene rings is 2. The van der Waals surface area contributed by atoms with Crippen LogP contribution in [0.5, 0.6) is 0 Å². The standard InChI is InChI=1S/C21H18N4O/c22-21(26)25-12-15-9-13(14-7-8-23-10-14)5-6-16(15)20(25)18-11-24-19-4-2-1-3-17(18)19/h1-11,20,23-24H,12H2,(H2,22,26). The number of H-pyrrole nitrogens is 2. The van der Waals surface area contributed by atoms with Crippen molar-refractivity contribution in [2.75, 3.05) is 0 Å². The van der Waals surface area contributed by atoms with Crippen molar-refractivity contribution < 1.29 is 4.79 Å². The molecule has 0 saturated heterocycles. The van der Waals surface area contributed by atoms with Crippen molar-refractivity contribution in [2.45, 2.75) is 12.6 Å². The molecule has 2 aromatic carbocycles. The monoisotopic (exact) mass is 342 g/mol. The van der Waals surface area contributed by atoms with Gasteiger partial charge in [0, 0.05) is 41.6 Å². The van der Waals surface area contributed by atoms with E-state index in [0.29, 0.717) is 6.54 Å². The molecule has 128 valence electrons. The van der Waals surface area contributed by atoms with E-state index in [2.05, 4.69) is 34.2 Å². The highest BCUT2D eigenvalue weighted by molar-refractivity contribution is 5.86. The Bertz CT molecular complexity index is 1110. The maximum absolute atomic E-state index is 12.2. The fourth-order valence-corrected chi connectivity index (χ4v) is 4.00. The van der Waals surface area contributed by atoms with E-state index in [4.69, 9.17) is 5.73 Å². The van der Waals surface area contributed by atoms with Crippen LogP contribution in [0.15, 0.2) is 67.1 Å².